The van der Waals surface area contributed by atoms with Crippen molar-refractivity contribution in [3.05, 3.63) is 87.8 Å². The minimum Gasteiger partial charge on any atom is -0.369 e. The van der Waals surface area contributed by atoms with E-state index in [4.69, 9.17) is 23.1 Å². The molecule has 0 saturated heterocycles. The van der Waals surface area contributed by atoms with Gasteiger partial charge in [-0.3, -0.25) is 9.59 Å². The first-order chi connectivity index (χ1) is 13.9. The van der Waals surface area contributed by atoms with E-state index in [0.717, 1.165) is 11.1 Å². The fraction of sp³-hybridized carbons (Fsp3) is 0.143. The molecule has 0 spiro atoms. The number of nitrogens with two attached hydrogens (primary N) is 2. The first kappa shape index (κ1) is 20.3. The van der Waals surface area contributed by atoms with Crippen LogP contribution in [0.25, 0.3) is 0 Å². The fourth-order valence-electron chi connectivity index (χ4n) is 2.84. The molecule has 2 amide bonds. The first-order valence-electron chi connectivity index (χ1n) is 8.91. The molecule has 7 nitrogen and oxygen atoms in total. The van der Waals surface area contributed by atoms with Gasteiger partial charge in [-0.15, -0.1) is 0 Å². The number of hydrogen-bond acceptors (Lipinski definition) is 5. The molecule has 0 aliphatic heterocycles. The number of carbonyl (C=O) groups excluding carboxylic acids is 2. The van der Waals surface area contributed by atoms with Gasteiger partial charge >= 0.3 is 0 Å². The average Bonchev–Trinajstić information content (AvgIpc) is 2.69. The van der Waals surface area contributed by atoms with E-state index >= 15 is 0 Å². The molecule has 29 heavy (non-hydrogen) atoms. The first-order valence-corrected chi connectivity index (χ1v) is 9.29. The second-order valence-corrected chi connectivity index (χ2v) is 6.90. The van der Waals surface area contributed by atoms with Gasteiger partial charge in [0, 0.05) is 24.2 Å². The summed E-state index contributed by atoms with van der Waals surface area (Å²) in [6.07, 6.45) is 1.86. The van der Waals surface area contributed by atoms with Crippen LogP contribution in [0.1, 0.15) is 32.9 Å². The SMILES string of the molecule is NC(=O)Cc1cc(Cc2ncc(C(N)=O)c(NCc3ccccc3)n2)ccc1Cl. The van der Waals surface area contributed by atoms with Crippen molar-refractivity contribution in [2.45, 2.75) is 19.4 Å². The van der Waals surface area contributed by atoms with E-state index in [9.17, 15) is 9.59 Å². The second kappa shape index (κ2) is 9.16. The number of halogens is 1. The number of hydrogen-bond donors (Lipinski definition) is 3. The Morgan fingerprint density at radius 3 is 2.48 bits per heavy atom. The minimum atomic E-state index is -0.609. The molecule has 0 aliphatic carbocycles. The van der Waals surface area contributed by atoms with Gasteiger partial charge < -0.3 is 16.8 Å². The standard InChI is InChI=1S/C21H20ClN5O2/c22-17-7-6-14(8-15(17)10-18(23)28)9-19-25-12-16(20(24)29)21(27-19)26-11-13-4-2-1-3-5-13/h1-8,12H,9-11H2,(H2,23,28)(H2,24,29)(H,25,26,27). The third kappa shape index (κ3) is 5.52. The van der Waals surface area contributed by atoms with Gasteiger partial charge in [-0.05, 0) is 22.8 Å². The van der Waals surface area contributed by atoms with Crippen molar-refractivity contribution in [1.82, 2.24) is 9.97 Å². The van der Waals surface area contributed by atoms with E-state index in [0.29, 0.717) is 35.2 Å². The molecule has 5 N–H and O–H groups in total. The van der Waals surface area contributed by atoms with E-state index in [2.05, 4.69) is 15.3 Å². The Kier molecular flexibility index (Phi) is 6.41. The second-order valence-electron chi connectivity index (χ2n) is 6.50. The van der Waals surface area contributed by atoms with Gasteiger partial charge in [-0.1, -0.05) is 54.1 Å². The highest BCUT2D eigenvalue weighted by Crippen LogP contribution is 2.20. The lowest BCUT2D eigenvalue weighted by Crippen LogP contribution is -2.17. The molecule has 1 heterocycles. The van der Waals surface area contributed by atoms with Gasteiger partial charge in [0.1, 0.15) is 11.6 Å². The maximum absolute atomic E-state index is 11.7. The van der Waals surface area contributed by atoms with Gasteiger partial charge in [-0.2, -0.15) is 0 Å². The topological polar surface area (TPSA) is 124 Å². The monoisotopic (exact) mass is 409 g/mol. The zero-order valence-electron chi connectivity index (χ0n) is 15.6. The Balaban J connectivity index is 1.83. The Morgan fingerprint density at radius 1 is 1.03 bits per heavy atom. The summed E-state index contributed by atoms with van der Waals surface area (Å²) in [6, 6.07) is 15.1. The number of amides is 2. The molecule has 3 aromatic rings. The highest BCUT2D eigenvalue weighted by molar-refractivity contribution is 6.31. The summed E-state index contributed by atoms with van der Waals surface area (Å²) in [6.45, 7) is 0.487. The van der Waals surface area contributed by atoms with Crippen molar-refractivity contribution in [3.8, 4) is 0 Å². The maximum Gasteiger partial charge on any atom is 0.254 e. The molecule has 8 heteroatoms. The Bertz CT molecular complexity index is 1040. The molecule has 3 rings (SSSR count). The summed E-state index contributed by atoms with van der Waals surface area (Å²) in [5.74, 6) is -0.198. The van der Waals surface area contributed by atoms with Crippen LogP contribution in [-0.4, -0.2) is 21.8 Å². The van der Waals surface area contributed by atoms with Crippen molar-refractivity contribution in [2.75, 3.05) is 5.32 Å². The van der Waals surface area contributed by atoms with Crippen LogP contribution in [0, 0.1) is 0 Å². The van der Waals surface area contributed by atoms with Crippen LogP contribution in [0.4, 0.5) is 5.82 Å². The molecule has 148 valence electrons. The van der Waals surface area contributed by atoms with Crippen LogP contribution < -0.4 is 16.8 Å². The summed E-state index contributed by atoms with van der Waals surface area (Å²) in [4.78, 5) is 31.7. The maximum atomic E-state index is 11.7. The molecule has 0 radical (unpaired) electrons. The van der Waals surface area contributed by atoms with Crippen molar-refractivity contribution in [3.63, 3.8) is 0 Å². The van der Waals surface area contributed by atoms with Crippen molar-refractivity contribution in [1.29, 1.82) is 0 Å². The Labute approximate surface area is 173 Å². The molecule has 0 unspecified atom stereocenters. The zero-order valence-corrected chi connectivity index (χ0v) is 16.3. The van der Waals surface area contributed by atoms with Crippen molar-refractivity contribution >= 4 is 29.2 Å². The van der Waals surface area contributed by atoms with Crippen LogP contribution in [0.2, 0.25) is 5.02 Å². The minimum absolute atomic E-state index is 0.0536. The van der Waals surface area contributed by atoms with Crippen LogP contribution in [0.15, 0.2) is 54.7 Å². The lowest BCUT2D eigenvalue weighted by Gasteiger charge is -2.11. The summed E-state index contributed by atoms with van der Waals surface area (Å²) in [5.41, 5.74) is 13.5. The van der Waals surface area contributed by atoms with E-state index in [1.165, 1.54) is 6.20 Å². The van der Waals surface area contributed by atoms with Crippen LogP contribution in [0.5, 0.6) is 0 Å². The smallest absolute Gasteiger partial charge is 0.254 e. The van der Waals surface area contributed by atoms with E-state index in [-0.39, 0.29) is 12.0 Å². The predicted octanol–water partition coefficient (Wildman–Crippen LogP) is 2.46. The van der Waals surface area contributed by atoms with E-state index < -0.39 is 11.8 Å². The molecule has 0 saturated carbocycles. The third-order valence-electron chi connectivity index (χ3n) is 4.24. The lowest BCUT2D eigenvalue weighted by atomic mass is 10.1. The molecular formula is C21H20ClN5O2. The molecule has 2 aromatic carbocycles. The number of anilines is 1. The summed E-state index contributed by atoms with van der Waals surface area (Å²) < 4.78 is 0. The number of aromatic nitrogens is 2. The molecule has 0 atom stereocenters. The highest BCUT2D eigenvalue weighted by atomic mass is 35.5. The normalized spacial score (nSPS) is 10.5. The number of primary amides is 2. The van der Waals surface area contributed by atoms with Crippen LogP contribution >= 0.6 is 11.6 Å². The molecule has 1 aromatic heterocycles. The van der Waals surface area contributed by atoms with Gasteiger partial charge in [0.2, 0.25) is 5.91 Å². The third-order valence-corrected chi connectivity index (χ3v) is 4.61. The molecule has 0 fully saturated rings. The number of carbonyl (C=O) groups is 2. The average molecular weight is 410 g/mol. The highest BCUT2D eigenvalue weighted by Gasteiger charge is 2.13. The van der Waals surface area contributed by atoms with Gasteiger partial charge in [0.25, 0.3) is 5.91 Å². The Morgan fingerprint density at radius 2 is 1.79 bits per heavy atom. The van der Waals surface area contributed by atoms with Gasteiger partial charge in [0.05, 0.1) is 12.0 Å². The van der Waals surface area contributed by atoms with Gasteiger partial charge in [-0.25, -0.2) is 9.97 Å². The van der Waals surface area contributed by atoms with Crippen LogP contribution in [-0.2, 0) is 24.2 Å². The van der Waals surface area contributed by atoms with Crippen LogP contribution in [0.3, 0.4) is 0 Å². The summed E-state index contributed by atoms with van der Waals surface area (Å²) in [5, 5.41) is 3.62. The zero-order chi connectivity index (χ0) is 20.8. The number of rotatable bonds is 8. The fourth-order valence-corrected chi connectivity index (χ4v) is 3.03. The van der Waals surface area contributed by atoms with E-state index in [1.807, 2.05) is 36.4 Å². The number of nitrogens with one attached hydrogen (secondary N) is 1. The van der Waals surface area contributed by atoms with Crippen molar-refractivity contribution in [2.24, 2.45) is 11.5 Å². The Hall–Kier alpha value is -3.45. The quantitative estimate of drug-likeness (QED) is 0.527. The largest absolute Gasteiger partial charge is 0.369 e. The number of benzene rings is 2. The van der Waals surface area contributed by atoms with Gasteiger partial charge in [0.15, 0.2) is 0 Å². The molecule has 0 aliphatic rings. The number of nitrogens with zero attached hydrogens (tertiary/aromatic N) is 2. The molecule has 0 bridgehead atoms. The molecular weight excluding hydrogens is 390 g/mol. The summed E-state index contributed by atoms with van der Waals surface area (Å²) >= 11 is 6.12. The van der Waals surface area contributed by atoms with E-state index in [1.54, 1.807) is 12.1 Å². The summed E-state index contributed by atoms with van der Waals surface area (Å²) in [7, 11) is 0. The van der Waals surface area contributed by atoms with Crippen molar-refractivity contribution < 1.29 is 9.59 Å². The lowest BCUT2D eigenvalue weighted by molar-refractivity contribution is -0.117. The predicted molar refractivity (Wildman–Crippen MR) is 111 cm³/mol.